The number of carbonyl (C=O) groups excluding carboxylic acids is 2. The Labute approximate surface area is 186 Å². The van der Waals surface area contributed by atoms with Crippen molar-refractivity contribution in [2.24, 2.45) is 0 Å². The minimum absolute atomic E-state index is 0.150. The Morgan fingerprint density at radius 2 is 2.13 bits per heavy atom. The average Bonchev–Trinajstić information content (AvgIpc) is 3.07. The quantitative estimate of drug-likeness (QED) is 0.532. The Morgan fingerprint density at radius 3 is 2.87 bits per heavy atom. The van der Waals surface area contributed by atoms with Crippen LogP contribution in [0.2, 0.25) is 0 Å². The highest BCUT2D eigenvalue weighted by molar-refractivity contribution is 9.10. The minimum Gasteiger partial charge on any atom is -0.493 e. The number of carbonyl (C=O) groups is 2. The van der Waals surface area contributed by atoms with Crippen molar-refractivity contribution in [3.05, 3.63) is 82.0 Å². The van der Waals surface area contributed by atoms with Crippen LogP contribution in [-0.4, -0.2) is 33.3 Å². The van der Waals surface area contributed by atoms with Crippen LogP contribution in [0, 0.1) is 5.82 Å². The lowest BCUT2D eigenvalue weighted by Gasteiger charge is -2.28. The molecule has 9 heteroatoms. The zero-order chi connectivity index (χ0) is 22.0. The predicted molar refractivity (Wildman–Crippen MR) is 115 cm³/mol. The van der Waals surface area contributed by atoms with Crippen LogP contribution in [0.5, 0.6) is 5.75 Å². The summed E-state index contributed by atoms with van der Waals surface area (Å²) in [5.41, 5.74) is 1.17. The summed E-state index contributed by atoms with van der Waals surface area (Å²) in [4.78, 5) is 36.3. The van der Waals surface area contributed by atoms with Crippen molar-refractivity contribution in [3.8, 4) is 5.75 Å². The van der Waals surface area contributed by atoms with Gasteiger partial charge in [-0.25, -0.2) is 14.4 Å². The second-order valence-corrected chi connectivity index (χ2v) is 7.61. The van der Waals surface area contributed by atoms with E-state index in [9.17, 15) is 14.0 Å². The monoisotopic (exact) mass is 484 g/mol. The van der Waals surface area contributed by atoms with E-state index in [2.05, 4.69) is 31.2 Å². The fraction of sp³-hybridized carbons (Fsp3) is 0.182. The number of nitrogens with one attached hydrogen (secondary N) is 1. The van der Waals surface area contributed by atoms with Crippen LogP contribution in [0.1, 0.15) is 34.6 Å². The lowest BCUT2D eigenvalue weighted by Crippen LogP contribution is -2.38. The number of rotatable bonds is 6. The molecular formula is C22H18BrFN4O3. The van der Waals surface area contributed by atoms with E-state index in [-0.39, 0.29) is 17.8 Å². The molecule has 1 atom stereocenters. The van der Waals surface area contributed by atoms with Gasteiger partial charge in [0.25, 0.3) is 11.8 Å². The van der Waals surface area contributed by atoms with Gasteiger partial charge in [0.1, 0.15) is 33.7 Å². The Balaban J connectivity index is 1.78. The second kappa shape index (κ2) is 8.81. The Hall–Kier alpha value is -3.33. The van der Waals surface area contributed by atoms with Crippen LogP contribution in [0.15, 0.2) is 59.3 Å². The van der Waals surface area contributed by atoms with E-state index in [1.54, 1.807) is 37.3 Å². The largest absolute Gasteiger partial charge is 0.493 e. The van der Waals surface area contributed by atoms with E-state index < -0.39 is 23.7 Å². The van der Waals surface area contributed by atoms with Crippen molar-refractivity contribution in [3.63, 3.8) is 0 Å². The van der Waals surface area contributed by atoms with Gasteiger partial charge in [-0.2, -0.15) is 0 Å². The van der Waals surface area contributed by atoms with Crippen molar-refractivity contribution in [2.75, 3.05) is 11.9 Å². The van der Waals surface area contributed by atoms with Gasteiger partial charge < -0.3 is 15.0 Å². The molecule has 3 heterocycles. The van der Waals surface area contributed by atoms with E-state index >= 15 is 0 Å². The van der Waals surface area contributed by atoms with Crippen LogP contribution < -0.4 is 10.1 Å². The number of hydrogen-bond acceptors (Lipinski definition) is 5. The minimum atomic E-state index is -1.15. The van der Waals surface area contributed by atoms with Crippen LogP contribution >= 0.6 is 15.9 Å². The van der Waals surface area contributed by atoms with Gasteiger partial charge in [-0.3, -0.25) is 9.59 Å². The molecule has 0 saturated heterocycles. The molecule has 0 aliphatic carbocycles. The lowest BCUT2D eigenvalue weighted by molar-refractivity contribution is -0.120. The van der Waals surface area contributed by atoms with Crippen molar-refractivity contribution >= 4 is 33.6 Å². The number of nitrogens with zero attached hydrogens (tertiary/aromatic N) is 3. The topological polar surface area (TPSA) is 84.4 Å². The van der Waals surface area contributed by atoms with E-state index in [4.69, 9.17) is 4.74 Å². The molecule has 3 aromatic rings. The number of ether oxygens (including phenoxy) is 1. The molecule has 1 unspecified atom stereocenters. The molecule has 1 aliphatic heterocycles. The molecule has 1 aliphatic rings. The highest BCUT2D eigenvalue weighted by atomic mass is 79.9. The van der Waals surface area contributed by atoms with Crippen molar-refractivity contribution in [2.45, 2.75) is 19.5 Å². The molecule has 4 rings (SSSR count). The van der Waals surface area contributed by atoms with Crippen LogP contribution in [0.25, 0.3) is 0 Å². The first-order chi connectivity index (χ1) is 15.0. The molecule has 31 heavy (non-hydrogen) atoms. The fourth-order valence-corrected chi connectivity index (χ4v) is 3.79. The summed E-state index contributed by atoms with van der Waals surface area (Å²) in [6, 6.07) is 11.3. The molecule has 158 valence electrons. The fourth-order valence-electron chi connectivity index (χ4n) is 3.48. The molecule has 1 N–H and O–H groups in total. The first-order valence-corrected chi connectivity index (χ1v) is 10.4. The molecule has 0 fully saturated rings. The molecule has 2 aromatic heterocycles. The number of pyridine rings is 2. The van der Waals surface area contributed by atoms with Crippen molar-refractivity contribution < 1.29 is 18.7 Å². The predicted octanol–water partition coefficient (Wildman–Crippen LogP) is 4.11. The Morgan fingerprint density at radius 1 is 1.29 bits per heavy atom. The maximum atomic E-state index is 14.2. The van der Waals surface area contributed by atoms with E-state index in [0.29, 0.717) is 28.3 Å². The SMILES string of the molecule is CCOc1ccc(F)cc1C(C(=O)Nc1ccccn1)N1Cc2ccc(Br)nc2C1=O. The molecule has 0 spiro atoms. The van der Waals surface area contributed by atoms with Crippen LogP contribution in [0.3, 0.4) is 0 Å². The molecule has 0 radical (unpaired) electrons. The first-order valence-electron chi connectivity index (χ1n) is 9.58. The number of hydrogen-bond donors (Lipinski definition) is 1. The number of halogens is 2. The summed E-state index contributed by atoms with van der Waals surface area (Å²) in [5.74, 6) is -0.867. The maximum absolute atomic E-state index is 14.2. The Bertz CT molecular complexity index is 1140. The van der Waals surface area contributed by atoms with Crippen LogP contribution in [0.4, 0.5) is 10.2 Å². The summed E-state index contributed by atoms with van der Waals surface area (Å²) in [7, 11) is 0. The van der Waals surface area contributed by atoms with Gasteiger partial charge >= 0.3 is 0 Å². The summed E-state index contributed by atoms with van der Waals surface area (Å²) in [6.07, 6.45) is 1.54. The second-order valence-electron chi connectivity index (χ2n) is 6.80. The van der Waals surface area contributed by atoms with Gasteiger partial charge in [0.15, 0.2) is 0 Å². The highest BCUT2D eigenvalue weighted by Gasteiger charge is 2.40. The zero-order valence-electron chi connectivity index (χ0n) is 16.5. The van der Waals surface area contributed by atoms with Gasteiger partial charge in [-0.15, -0.1) is 0 Å². The normalized spacial score (nSPS) is 13.6. The smallest absolute Gasteiger partial charge is 0.274 e. The summed E-state index contributed by atoms with van der Waals surface area (Å²) in [6.45, 7) is 2.25. The number of fused-ring (bicyclic) bond motifs is 1. The van der Waals surface area contributed by atoms with E-state index in [1.165, 1.54) is 29.3 Å². The van der Waals surface area contributed by atoms with E-state index in [0.717, 1.165) is 0 Å². The van der Waals surface area contributed by atoms with Gasteiger partial charge in [-0.1, -0.05) is 12.1 Å². The first kappa shape index (κ1) is 20.9. The number of aromatic nitrogens is 2. The molecule has 2 amide bonds. The van der Waals surface area contributed by atoms with Crippen molar-refractivity contribution in [1.82, 2.24) is 14.9 Å². The average molecular weight is 485 g/mol. The van der Waals surface area contributed by atoms with Gasteiger partial charge in [0.05, 0.1) is 6.61 Å². The summed E-state index contributed by atoms with van der Waals surface area (Å²) >= 11 is 3.27. The number of anilines is 1. The van der Waals surface area contributed by atoms with Gasteiger partial charge in [0.2, 0.25) is 0 Å². The highest BCUT2D eigenvalue weighted by Crippen LogP contribution is 2.36. The van der Waals surface area contributed by atoms with Crippen LogP contribution in [-0.2, 0) is 11.3 Å². The molecule has 0 saturated carbocycles. The standard InChI is InChI=1S/C22H18BrFN4O3/c1-2-31-16-8-7-14(24)11-15(16)20(21(29)27-18-5-3-4-10-25-18)28-12-13-6-9-17(23)26-19(13)22(28)30/h3-11,20H,2,12H2,1H3,(H,25,27,29). The molecular weight excluding hydrogens is 467 g/mol. The number of amides is 2. The molecule has 7 nitrogen and oxygen atoms in total. The third-order valence-electron chi connectivity index (χ3n) is 4.79. The summed E-state index contributed by atoms with van der Waals surface area (Å²) < 4.78 is 20.4. The summed E-state index contributed by atoms with van der Waals surface area (Å²) in [5, 5.41) is 2.71. The number of benzene rings is 1. The molecule has 0 bridgehead atoms. The maximum Gasteiger partial charge on any atom is 0.274 e. The van der Waals surface area contributed by atoms with Crippen molar-refractivity contribution in [1.29, 1.82) is 0 Å². The lowest BCUT2D eigenvalue weighted by atomic mass is 10.0. The third-order valence-corrected chi connectivity index (χ3v) is 5.23. The van der Waals surface area contributed by atoms with E-state index in [1.807, 2.05) is 0 Å². The molecule has 1 aromatic carbocycles. The van der Waals surface area contributed by atoms with Gasteiger partial charge in [0, 0.05) is 23.9 Å². The Kier molecular flexibility index (Phi) is 5.94. The zero-order valence-corrected chi connectivity index (χ0v) is 18.1. The van der Waals surface area contributed by atoms with Gasteiger partial charge in [-0.05, 0) is 59.3 Å². The third kappa shape index (κ3) is 4.27.